The van der Waals surface area contributed by atoms with E-state index in [9.17, 15) is 9.59 Å². The van der Waals surface area contributed by atoms with Crippen LogP contribution in [0.25, 0.3) is 11.0 Å². The lowest BCUT2D eigenvalue weighted by molar-refractivity contribution is -0.116. The van der Waals surface area contributed by atoms with E-state index in [-0.39, 0.29) is 42.7 Å². The monoisotopic (exact) mass is 411 g/mol. The highest BCUT2D eigenvalue weighted by atomic mass is 35.5. The molecule has 0 aliphatic carbocycles. The molecule has 0 atom stereocenters. The number of pyridine rings is 1. The summed E-state index contributed by atoms with van der Waals surface area (Å²) in [4.78, 5) is 28.8. The lowest BCUT2D eigenvalue weighted by atomic mass is 10.00. The van der Waals surface area contributed by atoms with Crippen LogP contribution in [-0.4, -0.2) is 20.7 Å². The van der Waals surface area contributed by atoms with Crippen LogP contribution < -0.4 is 16.6 Å². The molecule has 0 radical (unpaired) electrons. The standard InChI is InChI=1S/C18H21N5O2.2ClH/c1-10-12(11(2)20-17-16(10)18(25)22-23(17)3)8-9-15(24)21-14-7-5-4-6-13(14)19;;/h4-7H,8-9,19H2,1-3H3,(H,21,24)(H,22,25);2*1H. The minimum atomic E-state index is -0.162. The van der Waals surface area contributed by atoms with Gasteiger partial charge >= 0.3 is 0 Å². The lowest BCUT2D eigenvalue weighted by Crippen LogP contribution is -2.14. The van der Waals surface area contributed by atoms with Crippen molar-refractivity contribution in [2.45, 2.75) is 26.7 Å². The molecule has 0 saturated heterocycles. The molecule has 7 nitrogen and oxygen atoms in total. The average molecular weight is 412 g/mol. The Morgan fingerprint density at radius 2 is 1.93 bits per heavy atom. The molecule has 9 heteroatoms. The number of halogens is 2. The van der Waals surface area contributed by atoms with Crippen molar-refractivity contribution in [3.8, 4) is 0 Å². The van der Waals surface area contributed by atoms with Crippen LogP contribution in [0.2, 0.25) is 0 Å². The van der Waals surface area contributed by atoms with Crippen LogP contribution in [0.4, 0.5) is 11.4 Å². The molecule has 1 aromatic carbocycles. The molecule has 0 unspecified atom stereocenters. The normalized spacial score (nSPS) is 10.2. The van der Waals surface area contributed by atoms with E-state index in [2.05, 4.69) is 15.4 Å². The van der Waals surface area contributed by atoms with E-state index in [0.29, 0.717) is 28.8 Å². The van der Waals surface area contributed by atoms with E-state index >= 15 is 0 Å². The Morgan fingerprint density at radius 1 is 1.26 bits per heavy atom. The van der Waals surface area contributed by atoms with Gasteiger partial charge in [0.15, 0.2) is 5.65 Å². The number of carbonyl (C=O) groups is 1. The van der Waals surface area contributed by atoms with Crippen molar-refractivity contribution in [3.63, 3.8) is 0 Å². The quantitative estimate of drug-likeness (QED) is 0.573. The minimum absolute atomic E-state index is 0. The first-order valence-corrected chi connectivity index (χ1v) is 8.07. The van der Waals surface area contributed by atoms with Gasteiger partial charge in [-0.2, -0.15) is 0 Å². The number of nitrogen functional groups attached to an aromatic ring is 1. The summed E-state index contributed by atoms with van der Waals surface area (Å²) in [6.07, 6.45) is 0.793. The van der Waals surface area contributed by atoms with E-state index < -0.39 is 0 Å². The van der Waals surface area contributed by atoms with Gasteiger partial charge in [-0.1, -0.05) is 12.1 Å². The molecule has 0 spiro atoms. The number of H-pyrrole nitrogens is 1. The lowest BCUT2D eigenvalue weighted by Gasteiger charge is -2.11. The van der Waals surface area contributed by atoms with Gasteiger partial charge in [-0.25, -0.2) is 4.98 Å². The fourth-order valence-electron chi connectivity index (χ4n) is 3.08. The van der Waals surface area contributed by atoms with E-state index in [0.717, 1.165) is 16.8 Å². The fourth-order valence-corrected chi connectivity index (χ4v) is 3.08. The van der Waals surface area contributed by atoms with Crippen LogP contribution in [0.1, 0.15) is 23.2 Å². The third-order valence-corrected chi connectivity index (χ3v) is 4.41. The van der Waals surface area contributed by atoms with Crippen LogP contribution in [0.3, 0.4) is 0 Å². The Bertz CT molecular complexity index is 1030. The molecule has 2 heterocycles. The molecule has 3 rings (SSSR count). The summed E-state index contributed by atoms with van der Waals surface area (Å²) in [5, 5.41) is 6.12. The SMILES string of the molecule is Cc1nc2c(c(C)c1CCC(=O)Nc1ccccc1N)c(=O)[nH]n2C.Cl.Cl. The molecule has 0 bridgehead atoms. The van der Waals surface area contributed by atoms with Crippen LogP contribution in [0.5, 0.6) is 0 Å². The van der Waals surface area contributed by atoms with Crippen molar-refractivity contribution in [2.75, 3.05) is 11.1 Å². The maximum atomic E-state index is 12.2. The van der Waals surface area contributed by atoms with Crippen LogP contribution in [0, 0.1) is 13.8 Å². The number of nitrogens with one attached hydrogen (secondary N) is 2. The molecule has 0 fully saturated rings. The number of aromatic amines is 1. The summed E-state index contributed by atoms with van der Waals surface area (Å²) in [5.41, 5.74) is 10.1. The van der Waals surface area contributed by atoms with Crippen LogP contribution >= 0.6 is 24.8 Å². The molecule has 0 aliphatic heterocycles. The molecule has 1 amide bonds. The highest BCUT2D eigenvalue weighted by Gasteiger charge is 2.16. The van der Waals surface area contributed by atoms with Crippen molar-refractivity contribution in [1.29, 1.82) is 0 Å². The smallest absolute Gasteiger partial charge is 0.273 e. The molecule has 27 heavy (non-hydrogen) atoms. The van der Waals surface area contributed by atoms with Gasteiger partial charge < -0.3 is 11.1 Å². The summed E-state index contributed by atoms with van der Waals surface area (Å²) in [6.45, 7) is 3.79. The Morgan fingerprint density at radius 3 is 2.59 bits per heavy atom. The molecule has 2 aromatic heterocycles. The number of carbonyl (C=O) groups excluding carboxylic acids is 1. The molecular weight excluding hydrogens is 389 g/mol. The van der Waals surface area contributed by atoms with Gasteiger partial charge in [0.05, 0.1) is 16.8 Å². The Balaban J connectivity index is 0.00000182. The number of para-hydroxylation sites is 2. The minimum Gasteiger partial charge on any atom is -0.397 e. The first-order valence-electron chi connectivity index (χ1n) is 8.07. The van der Waals surface area contributed by atoms with Gasteiger partial charge in [0.1, 0.15) is 0 Å². The maximum Gasteiger partial charge on any atom is 0.273 e. The van der Waals surface area contributed by atoms with E-state index in [1.54, 1.807) is 23.9 Å². The van der Waals surface area contributed by atoms with Gasteiger partial charge in [0.25, 0.3) is 5.56 Å². The summed E-state index contributed by atoms with van der Waals surface area (Å²) < 4.78 is 1.62. The molecule has 0 aliphatic rings. The Kier molecular flexibility index (Phi) is 7.45. The van der Waals surface area contributed by atoms with E-state index in [4.69, 9.17) is 5.73 Å². The number of anilines is 2. The summed E-state index contributed by atoms with van der Waals surface area (Å²) >= 11 is 0. The number of nitrogens with zero attached hydrogens (tertiary/aromatic N) is 2. The van der Waals surface area contributed by atoms with Crippen LogP contribution in [-0.2, 0) is 18.3 Å². The Hall–Kier alpha value is -2.51. The number of hydrogen-bond donors (Lipinski definition) is 3. The number of amides is 1. The summed E-state index contributed by atoms with van der Waals surface area (Å²) in [5.74, 6) is -0.126. The van der Waals surface area contributed by atoms with Gasteiger partial charge in [0.2, 0.25) is 5.91 Å². The highest BCUT2D eigenvalue weighted by molar-refractivity contribution is 5.94. The van der Waals surface area contributed by atoms with Gasteiger partial charge in [0, 0.05) is 19.2 Å². The molecule has 0 saturated carbocycles. The second kappa shape index (κ2) is 8.92. The summed E-state index contributed by atoms with van der Waals surface area (Å²) in [7, 11) is 1.76. The Labute approximate surface area is 169 Å². The first-order chi connectivity index (χ1) is 11.9. The fraction of sp³-hybridized carbons (Fsp3) is 0.278. The zero-order chi connectivity index (χ0) is 18.1. The zero-order valence-corrected chi connectivity index (χ0v) is 17.0. The topological polar surface area (TPSA) is 106 Å². The van der Waals surface area contributed by atoms with Crippen molar-refractivity contribution in [3.05, 3.63) is 51.4 Å². The molecule has 3 aromatic rings. The van der Waals surface area contributed by atoms with Crippen molar-refractivity contribution < 1.29 is 4.79 Å². The number of aryl methyl sites for hydroxylation is 3. The second-order valence-corrected chi connectivity index (χ2v) is 6.13. The number of nitrogens with two attached hydrogens (primary N) is 1. The molecule has 146 valence electrons. The number of fused-ring (bicyclic) bond motifs is 1. The number of hydrogen-bond acceptors (Lipinski definition) is 4. The molecule has 4 N–H and O–H groups in total. The van der Waals surface area contributed by atoms with Gasteiger partial charge in [-0.3, -0.25) is 19.4 Å². The van der Waals surface area contributed by atoms with E-state index in [1.807, 2.05) is 26.0 Å². The zero-order valence-electron chi connectivity index (χ0n) is 15.3. The number of benzene rings is 1. The third-order valence-electron chi connectivity index (χ3n) is 4.41. The highest BCUT2D eigenvalue weighted by Crippen LogP contribution is 2.22. The third kappa shape index (κ3) is 4.43. The van der Waals surface area contributed by atoms with Crippen LogP contribution in [0.15, 0.2) is 29.1 Å². The maximum absolute atomic E-state index is 12.2. The van der Waals surface area contributed by atoms with Gasteiger partial charge in [-0.15, -0.1) is 24.8 Å². The summed E-state index contributed by atoms with van der Waals surface area (Å²) in [6, 6.07) is 7.14. The van der Waals surface area contributed by atoms with Crippen molar-refractivity contribution >= 4 is 53.1 Å². The second-order valence-electron chi connectivity index (χ2n) is 6.13. The van der Waals surface area contributed by atoms with E-state index in [1.165, 1.54) is 0 Å². The molecular formula is C18H23Cl2N5O2. The predicted molar refractivity (Wildman–Crippen MR) is 113 cm³/mol. The van der Waals surface area contributed by atoms with Gasteiger partial charge in [-0.05, 0) is 43.5 Å². The first kappa shape index (κ1) is 22.5. The predicted octanol–water partition coefficient (Wildman–Crippen LogP) is 2.88. The largest absolute Gasteiger partial charge is 0.397 e. The average Bonchev–Trinajstić information content (AvgIpc) is 2.83. The number of rotatable bonds is 4. The number of aromatic nitrogens is 3. The van der Waals surface area contributed by atoms with Crippen molar-refractivity contribution in [1.82, 2.24) is 14.8 Å². The van der Waals surface area contributed by atoms with Crippen molar-refractivity contribution in [2.24, 2.45) is 7.05 Å².